The number of amides is 1. The van der Waals surface area contributed by atoms with E-state index in [-0.39, 0.29) is 12.3 Å². The number of carbonyl (C=O) groups excluding carboxylic acids is 1. The van der Waals surface area contributed by atoms with Crippen molar-refractivity contribution in [2.24, 2.45) is 0 Å². The molecule has 0 heterocycles. The standard InChI is InChI=1S/C16H22N2O2S/c1-13(2)14-5-7-15(8-6-14)21(20)12-9-16(19)18(3)11-4-10-17/h5-8,13H,4,9,11-12H2,1-3H3. The summed E-state index contributed by atoms with van der Waals surface area (Å²) in [5.74, 6) is 0.691. The summed E-state index contributed by atoms with van der Waals surface area (Å²) in [5, 5.41) is 8.49. The van der Waals surface area contributed by atoms with Crippen molar-refractivity contribution < 1.29 is 9.00 Å². The monoisotopic (exact) mass is 306 g/mol. The molecule has 5 heteroatoms. The maximum Gasteiger partial charge on any atom is 0.223 e. The van der Waals surface area contributed by atoms with Crippen molar-refractivity contribution in [1.29, 1.82) is 5.26 Å². The van der Waals surface area contributed by atoms with E-state index in [1.807, 2.05) is 30.3 Å². The van der Waals surface area contributed by atoms with Crippen LogP contribution in [0.5, 0.6) is 0 Å². The molecule has 0 spiro atoms. The molecule has 0 radical (unpaired) electrons. The maximum absolute atomic E-state index is 12.2. The largest absolute Gasteiger partial charge is 0.345 e. The second-order valence-corrected chi connectivity index (χ2v) is 6.82. The van der Waals surface area contributed by atoms with Crippen LogP contribution < -0.4 is 0 Å². The topological polar surface area (TPSA) is 61.2 Å². The Balaban J connectivity index is 2.50. The van der Waals surface area contributed by atoms with Gasteiger partial charge in [0.25, 0.3) is 0 Å². The molecule has 114 valence electrons. The molecular formula is C16H22N2O2S. The minimum atomic E-state index is -1.16. The van der Waals surface area contributed by atoms with Gasteiger partial charge >= 0.3 is 0 Å². The van der Waals surface area contributed by atoms with Gasteiger partial charge in [-0.05, 0) is 23.6 Å². The SMILES string of the molecule is CC(C)c1ccc(S(=O)CCC(=O)N(C)CCC#N)cc1. The molecule has 0 N–H and O–H groups in total. The zero-order valence-electron chi connectivity index (χ0n) is 12.8. The number of hydrogen-bond donors (Lipinski definition) is 0. The Kier molecular flexibility index (Phi) is 7.10. The zero-order valence-corrected chi connectivity index (χ0v) is 13.7. The van der Waals surface area contributed by atoms with Gasteiger partial charge in [0.15, 0.2) is 0 Å². The van der Waals surface area contributed by atoms with E-state index in [1.54, 1.807) is 7.05 Å². The Morgan fingerprint density at radius 1 is 1.33 bits per heavy atom. The van der Waals surface area contributed by atoms with Gasteiger partial charge in [0, 0.05) is 30.7 Å². The summed E-state index contributed by atoms with van der Waals surface area (Å²) in [7, 11) is 0.506. The van der Waals surface area contributed by atoms with Crippen molar-refractivity contribution in [3.8, 4) is 6.07 Å². The fourth-order valence-electron chi connectivity index (χ4n) is 1.84. The van der Waals surface area contributed by atoms with Gasteiger partial charge in [0.2, 0.25) is 5.91 Å². The number of nitrogens with zero attached hydrogens (tertiary/aromatic N) is 2. The molecule has 0 fully saturated rings. The Morgan fingerprint density at radius 2 is 1.95 bits per heavy atom. The van der Waals surface area contributed by atoms with Crippen LogP contribution in [-0.2, 0) is 15.6 Å². The molecule has 1 aromatic carbocycles. The lowest BCUT2D eigenvalue weighted by molar-refractivity contribution is -0.129. The Hall–Kier alpha value is -1.67. The van der Waals surface area contributed by atoms with Crippen molar-refractivity contribution in [2.75, 3.05) is 19.3 Å². The van der Waals surface area contributed by atoms with Crippen molar-refractivity contribution in [2.45, 2.75) is 37.5 Å². The van der Waals surface area contributed by atoms with E-state index in [1.165, 1.54) is 10.5 Å². The highest BCUT2D eigenvalue weighted by atomic mass is 32.2. The van der Waals surface area contributed by atoms with E-state index in [0.717, 1.165) is 4.90 Å². The summed E-state index contributed by atoms with van der Waals surface area (Å²) in [6.07, 6.45) is 0.558. The summed E-state index contributed by atoms with van der Waals surface area (Å²) in [5.41, 5.74) is 1.21. The highest BCUT2D eigenvalue weighted by molar-refractivity contribution is 7.85. The summed E-state index contributed by atoms with van der Waals surface area (Å²) in [4.78, 5) is 14.1. The molecule has 0 saturated heterocycles. The number of rotatable bonds is 7. The molecule has 0 bridgehead atoms. The number of hydrogen-bond acceptors (Lipinski definition) is 3. The first-order valence-electron chi connectivity index (χ1n) is 7.05. The third-order valence-corrected chi connectivity index (χ3v) is 4.67. The highest BCUT2D eigenvalue weighted by Gasteiger charge is 2.12. The minimum absolute atomic E-state index is 0.0719. The second kappa shape index (κ2) is 8.58. The summed E-state index contributed by atoms with van der Waals surface area (Å²) in [6, 6.07) is 9.72. The molecular weight excluding hydrogens is 284 g/mol. The van der Waals surface area contributed by atoms with Crippen LogP contribution in [0.4, 0.5) is 0 Å². The normalized spacial score (nSPS) is 12.0. The van der Waals surface area contributed by atoms with Crippen LogP contribution in [0.1, 0.15) is 38.2 Å². The molecule has 1 unspecified atom stereocenters. The fraction of sp³-hybridized carbons (Fsp3) is 0.500. The number of benzene rings is 1. The predicted octanol–water partition coefficient (Wildman–Crippen LogP) is 2.68. The number of carbonyl (C=O) groups is 1. The quantitative estimate of drug-likeness (QED) is 0.778. The molecule has 0 aromatic heterocycles. The molecule has 21 heavy (non-hydrogen) atoms. The van der Waals surface area contributed by atoms with E-state index >= 15 is 0 Å². The number of nitriles is 1. The van der Waals surface area contributed by atoms with Gasteiger partial charge in [-0.25, -0.2) is 0 Å². The smallest absolute Gasteiger partial charge is 0.223 e. The van der Waals surface area contributed by atoms with E-state index in [9.17, 15) is 9.00 Å². The molecule has 4 nitrogen and oxygen atoms in total. The minimum Gasteiger partial charge on any atom is -0.345 e. The van der Waals surface area contributed by atoms with Crippen LogP contribution in [0.15, 0.2) is 29.2 Å². The summed E-state index contributed by atoms with van der Waals surface area (Å²) >= 11 is 0. The molecule has 1 aromatic rings. The van der Waals surface area contributed by atoms with Gasteiger partial charge in [-0.1, -0.05) is 26.0 Å². The Bertz CT molecular complexity index is 532. The van der Waals surface area contributed by atoms with Gasteiger partial charge in [-0.3, -0.25) is 9.00 Å². The first-order valence-corrected chi connectivity index (χ1v) is 8.37. The first kappa shape index (κ1) is 17.4. The van der Waals surface area contributed by atoms with Crippen LogP contribution in [0.3, 0.4) is 0 Å². The van der Waals surface area contributed by atoms with E-state index in [0.29, 0.717) is 24.6 Å². The van der Waals surface area contributed by atoms with Gasteiger partial charge in [0.1, 0.15) is 0 Å². The molecule has 1 rings (SSSR count). The van der Waals surface area contributed by atoms with E-state index in [2.05, 4.69) is 13.8 Å². The average Bonchev–Trinajstić information content (AvgIpc) is 2.49. The molecule has 1 atom stereocenters. The van der Waals surface area contributed by atoms with Crippen LogP contribution in [0.2, 0.25) is 0 Å². The first-order chi connectivity index (χ1) is 9.95. The summed E-state index contributed by atoms with van der Waals surface area (Å²) < 4.78 is 12.2. The Morgan fingerprint density at radius 3 is 2.48 bits per heavy atom. The third kappa shape index (κ3) is 5.68. The lowest BCUT2D eigenvalue weighted by Gasteiger charge is -2.15. The zero-order chi connectivity index (χ0) is 15.8. The molecule has 0 aliphatic rings. The van der Waals surface area contributed by atoms with Gasteiger partial charge in [-0.15, -0.1) is 0 Å². The van der Waals surface area contributed by atoms with Gasteiger partial charge in [0.05, 0.1) is 23.3 Å². The maximum atomic E-state index is 12.2. The second-order valence-electron chi connectivity index (χ2n) is 5.25. The summed E-state index contributed by atoms with van der Waals surface area (Å²) in [6.45, 7) is 4.65. The van der Waals surface area contributed by atoms with Gasteiger partial charge < -0.3 is 4.90 Å². The van der Waals surface area contributed by atoms with Crippen LogP contribution >= 0.6 is 0 Å². The third-order valence-electron chi connectivity index (χ3n) is 3.30. The Labute approximate surface area is 129 Å². The fourth-order valence-corrected chi connectivity index (χ4v) is 2.87. The molecule has 0 aliphatic heterocycles. The van der Waals surface area contributed by atoms with Crippen molar-refractivity contribution >= 4 is 16.7 Å². The van der Waals surface area contributed by atoms with Crippen LogP contribution in [0.25, 0.3) is 0 Å². The van der Waals surface area contributed by atoms with Crippen molar-refractivity contribution in [3.05, 3.63) is 29.8 Å². The van der Waals surface area contributed by atoms with E-state index in [4.69, 9.17) is 5.26 Å². The van der Waals surface area contributed by atoms with Crippen molar-refractivity contribution in [3.63, 3.8) is 0 Å². The highest BCUT2D eigenvalue weighted by Crippen LogP contribution is 2.16. The van der Waals surface area contributed by atoms with Crippen LogP contribution in [0, 0.1) is 11.3 Å². The van der Waals surface area contributed by atoms with Crippen LogP contribution in [-0.4, -0.2) is 34.4 Å². The molecule has 0 aliphatic carbocycles. The van der Waals surface area contributed by atoms with Crippen molar-refractivity contribution in [1.82, 2.24) is 4.90 Å². The molecule has 0 saturated carbocycles. The van der Waals surface area contributed by atoms with E-state index < -0.39 is 10.8 Å². The average molecular weight is 306 g/mol. The predicted molar refractivity (Wildman–Crippen MR) is 84.3 cm³/mol. The van der Waals surface area contributed by atoms with Gasteiger partial charge in [-0.2, -0.15) is 5.26 Å². The lowest BCUT2D eigenvalue weighted by atomic mass is 10.0. The lowest BCUT2D eigenvalue weighted by Crippen LogP contribution is -2.28. The molecule has 1 amide bonds.